The highest BCUT2D eigenvalue weighted by Gasteiger charge is 2.11. The standard InChI is InChI=1S/C14H15NO/c1-11-7-9-13(10-8-11)14(15-16)12-5-3-2-4-6-12/h2-7,9-11,16H,8H2,1H3/b15-14+. The average Bonchev–Trinajstić information content (AvgIpc) is 2.34. The summed E-state index contributed by atoms with van der Waals surface area (Å²) in [5.74, 6) is 0.569. The van der Waals surface area contributed by atoms with Crippen LogP contribution in [0.2, 0.25) is 0 Å². The van der Waals surface area contributed by atoms with Gasteiger partial charge in [0.15, 0.2) is 0 Å². The molecule has 2 heteroatoms. The third kappa shape index (κ3) is 2.22. The van der Waals surface area contributed by atoms with E-state index in [4.69, 9.17) is 5.21 Å². The zero-order chi connectivity index (χ0) is 11.4. The molecule has 1 aromatic carbocycles. The topological polar surface area (TPSA) is 32.6 Å². The minimum absolute atomic E-state index is 0.569. The second-order valence-corrected chi connectivity index (χ2v) is 4.05. The van der Waals surface area contributed by atoms with Crippen molar-refractivity contribution in [1.82, 2.24) is 0 Å². The van der Waals surface area contributed by atoms with Gasteiger partial charge in [0.25, 0.3) is 0 Å². The van der Waals surface area contributed by atoms with Gasteiger partial charge in [-0.05, 0) is 17.9 Å². The van der Waals surface area contributed by atoms with E-state index in [0.717, 1.165) is 17.6 Å². The molecule has 2 rings (SSSR count). The summed E-state index contributed by atoms with van der Waals surface area (Å²) in [5, 5.41) is 12.5. The third-order valence-corrected chi connectivity index (χ3v) is 2.73. The summed E-state index contributed by atoms with van der Waals surface area (Å²) in [6.07, 6.45) is 7.28. The molecule has 0 radical (unpaired) electrons. The molecule has 0 amide bonds. The van der Waals surface area contributed by atoms with Gasteiger partial charge < -0.3 is 5.21 Å². The van der Waals surface area contributed by atoms with Crippen LogP contribution >= 0.6 is 0 Å². The molecule has 1 aliphatic carbocycles. The molecular formula is C14H15NO. The second-order valence-electron chi connectivity index (χ2n) is 4.05. The predicted molar refractivity (Wildman–Crippen MR) is 65.8 cm³/mol. The van der Waals surface area contributed by atoms with Crippen LogP contribution in [0.25, 0.3) is 0 Å². The SMILES string of the molecule is CC1C=CC(/C(=N/O)c2ccccc2)=CC1. The molecule has 0 bridgehead atoms. The maximum Gasteiger partial charge on any atom is 0.116 e. The Kier molecular flexibility index (Phi) is 3.20. The molecule has 1 aliphatic rings. The van der Waals surface area contributed by atoms with Crippen LogP contribution in [0.3, 0.4) is 0 Å². The summed E-state index contributed by atoms with van der Waals surface area (Å²) in [6, 6.07) is 9.72. The minimum Gasteiger partial charge on any atom is -0.410 e. The molecule has 0 aromatic heterocycles. The number of hydrogen-bond donors (Lipinski definition) is 1. The Labute approximate surface area is 95.6 Å². The van der Waals surface area contributed by atoms with Crippen LogP contribution in [-0.2, 0) is 0 Å². The summed E-state index contributed by atoms with van der Waals surface area (Å²) in [6.45, 7) is 2.17. The van der Waals surface area contributed by atoms with Crippen LogP contribution in [0.1, 0.15) is 18.9 Å². The van der Waals surface area contributed by atoms with Gasteiger partial charge in [0.1, 0.15) is 5.71 Å². The van der Waals surface area contributed by atoms with E-state index < -0.39 is 0 Å². The molecular weight excluding hydrogens is 198 g/mol. The molecule has 1 atom stereocenters. The molecule has 0 saturated heterocycles. The zero-order valence-corrected chi connectivity index (χ0v) is 9.30. The van der Waals surface area contributed by atoms with Crippen molar-refractivity contribution in [3.63, 3.8) is 0 Å². The molecule has 0 fully saturated rings. The van der Waals surface area contributed by atoms with Gasteiger partial charge in [0.05, 0.1) is 0 Å². The lowest BCUT2D eigenvalue weighted by atomic mass is 9.93. The van der Waals surface area contributed by atoms with E-state index >= 15 is 0 Å². The van der Waals surface area contributed by atoms with Gasteiger partial charge in [-0.25, -0.2) is 0 Å². The largest absolute Gasteiger partial charge is 0.410 e. The molecule has 1 aromatic rings. The Morgan fingerprint density at radius 2 is 2.06 bits per heavy atom. The van der Waals surface area contributed by atoms with Crippen molar-refractivity contribution in [2.45, 2.75) is 13.3 Å². The molecule has 0 aliphatic heterocycles. The van der Waals surface area contributed by atoms with Crippen LogP contribution in [0.5, 0.6) is 0 Å². The summed E-state index contributed by atoms with van der Waals surface area (Å²) in [4.78, 5) is 0. The zero-order valence-electron chi connectivity index (χ0n) is 9.30. The first-order chi connectivity index (χ1) is 7.81. The van der Waals surface area contributed by atoms with Gasteiger partial charge in [-0.3, -0.25) is 0 Å². The second kappa shape index (κ2) is 4.79. The Balaban J connectivity index is 2.30. The van der Waals surface area contributed by atoms with E-state index in [1.54, 1.807) is 0 Å². The van der Waals surface area contributed by atoms with E-state index in [1.165, 1.54) is 0 Å². The molecule has 1 N–H and O–H groups in total. The fourth-order valence-electron chi connectivity index (χ4n) is 1.78. The summed E-state index contributed by atoms with van der Waals surface area (Å²) < 4.78 is 0. The van der Waals surface area contributed by atoms with E-state index in [2.05, 4.69) is 24.2 Å². The third-order valence-electron chi connectivity index (χ3n) is 2.73. The molecule has 0 saturated carbocycles. The Morgan fingerprint density at radius 3 is 2.62 bits per heavy atom. The fourth-order valence-corrected chi connectivity index (χ4v) is 1.78. The van der Waals surface area contributed by atoms with E-state index in [-0.39, 0.29) is 0 Å². The van der Waals surface area contributed by atoms with Crippen molar-refractivity contribution in [1.29, 1.82) is 0 Å². The lowest BCUT2D eigenvalue weighted by Gasteiger charge is -2.12. The maximum absolute atomic E-state index is 9.11. The van der Waals surface area contributed by atoms with Crippen LogP contribution in [-0.4, -0.2) is 10.9 Å². The number of rotatable bonds is 2. The van der Waals surface area contributed by atoms with E-state index in [1.807, 2.05) is 36.4 Å². The first-order valence-electron chi connectivity index (χ1n) is 5.47. The van der Waals surface area contributed by atoms with Crippen LogP contribution in [0, 0.1) is 5.92 Å². The number of nitrogens with zero attached hydrogens (tertiary/aromatic N) is 1. The molecule has 0 heterocycles. The fraction of sp³-hybridized carbons (Fsp3) is 0.214. The van der Waals surface area contributed by atoms with Crippen molar-refractivity contribution in [2.24, 2.45) is 11.1 Å². The predicted octanol–water partition coefficient (Wildman–Crippen LogP) is 3.39. The van der Waals surface area contributed by atoms with Gasteiger partial charge in [0.2, 0.25) is 0 Å². The summed E-state index contributed by atoms with van der Waals surface area (Å²) in [5.41, 5.74) is 2.58. The lowest BCUT2D eigenvalue weighted by molar-refractivity contribution is 0.319. The van der Waals surface area contributed by atoms with Crippen LogP contribution in [0.4, 0.5) is 0 Å². The highest BCUT2D eigenvalue weighted by molar-refractivity contribution is 6.14. The normalized spacial score (nSPS) is 20.7. The Bertz CT molecular complexity index is 443. The van der Waals surface area contributed by atoms with E-state index in [0.29, 0.717) is 11.6 Å². The lowest BCUT2D eigenvalue weighted by Crippen LogP contribution is -2.07. The first-order valence-corrected chi connectivity index (χ1v) is 5.47. The summed E-state index contributed by atoms with van der Waals surface area (Å²) >= 11 is 0. The van der Waals surface area contributed by atoms with Gasteiger partial charge in [0, 0.05) is 5.56 Å². The van der Waals surface area contributed by atoms with Gasteiger partial charge >= 0.3 is 0 Å². The monoisotopic (exact) mass is 213 g/mol. The van der Waals surface area contributed by atoms with Crippen molar-refractivity contribution >= 4 is 5.71 Å². The molecule has 82 valence electrons. The average molecular weight is 213 g/mol. The van der Waals surface area contributed by atoms with Crippen molar-refractivity contribution in [2.75, 3.05) is 0 Å². The number of allylic oxidation sites excluding steroid dienone is 4. The van der Waals surface area contributed by atoms with E-state index in [9.17, 15) is 0 Å². The van der Waals surface area contributed by atoms with Crippen LogP contribution < -0.4 is 0 Å². The minimum atomic E-state index is 0.569. The Hall–Kier alpha value is -1.83. The molecule has 16 heavy (non-hydrogen) atoms. The maximum atomic E-state index is 9.11. The van der Waals surface area contributed by atoms with Gasteiger partial charge in [-0.15, -0.1) is 0 Å². The van der Waals surface area contributed by atoms with Gasteiger partial charge in [-0.2, -0.15) is 0 Å². The van der Waals surface area contributed by atoms with Crippen molar-refractivity contribution in [3.8, 4) is 0 Å². The molecule has 1 unspecified atom stereocenters. The van der Waals surface area contributed by atoms with Gasteiger partial charge in [-0.1, -0.05) is 60.6 Å². The number of hydrogen-bond acceptors (Lipinski definition) is 2. The number of benzene rings is 1. The smallest absolute Gasteiger partial charge is 0.116 e. The van der Waals surface area contributed by atoms with Crippen LogP contribution in [0.15, 0.2) is 59.3 Å². The quantitative estimate of drug-likeness (QED) is 0.456. The summed E-state index contributed by atoms with van der Waals surface area (Å²) in [7, 11) is 0. The highest BCUT2D eigenvalue weighted by atomic mass is 16.4. The van der Waals surface area contributed by atoms with Crippen molar-refractivity contribution in [3.05, 3.63) is 59.7 Å². The Morgan fingerprint density at radius 1 is 1.31 bits per heavy atom. The first kappa shape index (κ1) is 10.7. The number of oxime groups is 1. The highest BCUT2D eigenvalue weighted by Crippen LogP contribution is 2.19. The van der Waals surface area contributed by atoms with Crippen molar-refractivity contribution < 1.29 is 5.21 Å². The molecule has 2 nitrogen and oxygen atoms in total. The molecule has 0 spiro atoms.